The zero-order valence-corrected chi connectivity index (χ0v) is 11.4. The highest BCUT2D eigenvalue weighted by atomic mass is 16.5. The van der Waals surface area contributed by atoms with Gasteiger partial charge in [-0.15, -0.1) is 0 Å². The van der Waals surface area contributed by atoms with Gasteiger partial charge in [0.15, 0.2) is 0 Å². The van der Waals surface area contributed by atoms with Crippen molar-refractivity contribution in [2.45, 2.75) is 13.2 Å². The van der Waals surface area contributed by atoms with Crippen LogP contribution >= 0.6 is 0 Å². The van der Waals surface area contributed by atoms with Gasteiger partial charge in [-0.3, -0.25) is 0 Å². The number of nitrogens with zero attached hydrogens (tertiary/aromatic N) is 3. The summed E-state index contributed by atoms with van der Waals surface area (Å²) in [5.74, 6) is 0.972. The lowest BCUT2D eigenvalue weighted by molar-refractivity contribution is 0.305. The van der Waals surface area contributed by atoms with Crippen LogP contribution in [0.3, 0.4) is 0 Å². The lowest BCUT2D eigenvalue weighted by Crippen LogP contribution is -2.00. The van der Waals surface area contributed by atoms with E-state index in [4.69, 9.17) is 4.74 Å². The van der Waals surface area contributed by atoms with Gasteiger partial charge >= 0.3 is 0 Å². The number of rotatable bonds is 5. The first-order chi connectivity index (χ1) is 10.3. The lowest BCUT2D eigenvalue weighted by Gasteiger charge is -2.07. The monoisotopic (exact) mass is 281 g/mol. The summed E-state index contributed by atoms with van der Waals surface area (Å²) in [5, 5.41) is 13.3. The summed E-state index contributed by atoms with van der Waals surface area (Å²) in [6, 6.07) is 14.9. The molecular weight excluding hydrogens is 266 g/mol. The first-order valence-corrected chi connectivity index (χ1v) is 6.62. The topological polar surface area (TPSA) is 60.2 Å². The molecule has 0 unspecified atom stereocenters. The van der Waals surface area contributed by atoms with Gasteiger partial charge in [-0.05, 0) is 35.4 Å². The number of phenolic OH excluding ortho intramolecular Hbond substituents is 1. The van der Waals surface area contributed by atoms with E-state index in [1.54, 1.807) is 35.3 Å². The second kappa shape index (κ2) is 6.09. The molecule has 0 aliphatic carbocycles. The Morgan fingerprint density at radius 1 is 0.952 bits per heavy atom. The minimum atomic E-state index is 0.236. The molecule has 21 heavy (non-hydrogen) atoms. The summed E-state index contributed by atoms with van der Waals surface area (Å²) >= 11 is 0. The smallest absolute Gasteiger partial charge is 0.137 e. The van der Waals surface area contributed by atoms with Crippen LogP contribution < -0.4 is 4.74 Å². The van der Waals surface area contributed by atoms with Crippen LogP contribution in [0.1, 0.15) is 11.1 Å². The molecule has 1 heterocycles. The average molecular weight is 281 g/mol. The first-order valence-electron chi connectivity index (χ1n) is 6.62. The second-order valence-corrected chi connectivity index (χ2v) is 4.69. The molecule has 0 amide bonds. The molecule has 0 bridgehead atoms. The Morgan fingerprint density at radius 3 is 2.33 bits per heavy atom. The predicted octanol–water partition coefficient (Wildman–Crippen LogP) is 2.61. The third-order valence-electron chi connectivity index (χ3n) is 3.08. The van der Waals surface area contributed by atoms with E-state index in [1.165, 1.54) is 6.33 Å². The van der Waals surface area contributed by atoms with E-state index >= 15 is 0 Å². The van der Waals surface area contributed by atoms with Gasteiger partial charge in [-0.25, -0.2) is 9.67 Å². The summed E-state index contributed by atoms with van der Waals surface area (Å²) < 4.78 is 7.43. The number of hydrogen-bond donors (Lipinski definition) is 1. The van der Waals surface area contributed by atoms with Gasteiger partial charge in [0.05, 0.1) is 6.54 Å². The van der Waals surface area contributed by atoms with E-state index < -0.39 is 0 Å². The molecule has 1 aromatic heterocycles. The van der Waals surface area contributed by atoms with Crippen LogP contribution in [0.2, 0.25) is 0 Å². The normalized spacial score (nSPS) is 10.5. The van der Waals surface area contributed by atoms with Crippen LogP contribution in [-0.4, -0.2) is 19.9 Å². The highest BCUT2D eigenvalue weighted by Gasteiger charge is 1.99. The summed E-state index contributed by atoms with van der Waals surface area (Å²) in [5.41, 5.74) is 2.25. The molecule has 3 rings (SSSR count). The minimum absolute atomic E-state index is 0.236. The molecule has 0 atom stereocenters. The maximum absolute atomic E-state index is 9.21. The van der Waals surface area contributed by atoms with Gasteiger partial charge < -0.3 is 9.84 Å². The zero-order valence-electron chi connectivity index (χ0n) is 11.4. The Kier molecular flexibility index (Phi) is 3.82. The maximum atomic E-state index is 9.21. The Morgan fingerprint density at radius 2 is 1.67 bits per heavy atom. The van der Waals surface area contributed by atoms with Crippen LogP contribution in [0.25, 0.3) is 0 Å². The summed E-state index contributed by atoms with van der Waals surface area (Å²) in [7, 11) is 0. The molecular formula is C16H15N3O2. The Balaban J connectivity index is 1.58. The van der Waals surface area contributed by atoms with Gasteiger partial charge in [-0.2, -0.15) is 5.10 Å². The first kappa shape index (κ1) is 13.2. The van der Waals surface area contributed by atoms with E-state index in [0.717, 1.165) is 16.9 Å². The molecule has 0 fully saturated rings. The molecule has 0 saturated carbocycles. The summed E-state index contributed by atoms with van der Waals surface area (Å²) in [6.45, 7) is 1.20. The van der Waals surface area contributed by atoms with Crippen molar-refractivity contribution in [2.75, 3.05) is 0 Å². The number of hydrogen-bond acceptors (Lipinski definition) is 4. The van der Waals surface area contributed by atoms with Crippen LogP contribution in [-0.2, 0) is 13.2 Å². The number of aromatic hydroxyl groups is 1. The number of aromatic nitrogens is 3. The molecule has 5 nitrogen and oxygen atoms in total. The molecule has 106 valence electrons. The number of phenols is 1. The van der Waals surface area contributed by atoms with Crippen LogP contribution in [0.4, 0.5) is 0 Å². The number of ether oxygens (including phenoxy) is 1. The van der Waals surface area contributed by atoms with Gasteiger partial charge in [0, 0.05) is 0 Å². The lowest BCUT2D eigenvalue weighted by atomic mass is 10.1. The van der Waals surface area contributed by atoms with Crippen molar-refractivity contribution in [3.63, 3.8) is 0 Å². The van der Waals surface area contributed by atoms with Crippen molar-refractivity contribution in [1.82, 2.24) is 14.8 Å². The largest absolute Gasteiger partial charge is 0.508 e. The van der Waals surface area contributed by atoms with Crippen molar-refractivity contribution in [2.24, 2.45) is 0 Å². The SMILES string of the molecule is Oc1ccc(OCc2ccc(Cn3cncn3)cc2)cc1. The third kappa shape index (κ3) is 3.60. The average Bonchev–Trinajstić information content (AvgIpc) is 3.01. The summed E-state index contributed by atoms with van der Waals surface area (Å²) in [4.78, 5) is 3.92. The standard InChI is InChI=1S/C16H15N3O2/c20-15-5-7-16(8-6-15)21-10-14-3-1-13(2-4-14)9-19-12-17-11-18-19/h1-8,11-12,20H,9-10H2. The van der Waals surface area contributed by atoms with Gasteiger partial charge in [0.2, 0.25) is 0 Å². The molecule has 0 spiro atoms. The number of benzene rings is 2. The predicted molar refractivity (Wildman–Crippen MR) is 78.0 cm³/mol. The van der Waals surface area contributed by atoms with Crippen LogP contribution in [0.15, 0.2) is 61.2 Å². The van der Waals surface area contributed by atoms with Crippen molar-refractivity contribution < 1.29 is 9.84 Å². The van der Waals surface area contributed by atoms with Gasteiger partial charge in [0.25, 0.3) is 0 Å². The third-order valence-corrected chi connectivity index (χ3v) is 3.08. The molecule has 0 aliphatic rings. The fraction of sp³-hybridized carbons (Fsp3) is 0.125. The van der Waals surface area contributed by atoms with Crippen molar-refractivity contribution >= 4 is 0 Å². The van der Waals surface area contributed by atoms with E-state index in [-0.39, 0.29) is 5.75 Å². The van der Waals surface area contributed by atoms with E-state index in [1.807, 2.05) is 12.1 Å². The fourth-order valence-corrected chi connectivity index (χ4v) is 1.95. The van der Waals surface area contributed by atoms with Gasteiger partial charge in [-0.1, -0.05) is 24.3 Å². The van der Waals surface area contributed by atoms with Crippen molar-refractivity contribution in [3.8, 4) is 11.5 Å². The molecule has 0 radical (unpaired) electrons. The van der Waals surface area contributed by atoms with E-state index in [2.05, 4.69) is 22.2 Å². The Labute approximate surface area is 122 Å². The van der Waals surface area contributed by atoms with Crippen LogP contribution in [0.5, 0.6) is 11.5 Å². The van der Waals surface area contributed by atoms with Crippen molar-refractivity contribution in [3.05, 3.63) is 72.3 Å². The van der Waals surface area contributed by atoms with Crippen molar-refractivity contribution in [1.29, 1.82) is 0 Å². The molecule has 1 N–H and O–H groups in total. The van der Waals surface area contributed by atoms with Gasteiger partial charge in [0.1, 0.15) is 30.8 Å². The zero-order chi connectivity index (χ0) is 14.5. The van der Waals surface area contributed by atoms with Crippen LogP contribution in [0, 0.1) is 0 Å². The molecule has 0 saturated heterocycles. The van der Waals surface area contributed by atoms with E-state index in [9.17, 15) is 5.11 Å². The molecule has 2 aromatic carbocycles. The quantitative estimate of drug-likeness (QED) is 0.781. The second-order valence-electron chi connectivity index (χ2n) is 4.69. The Hall–Kier alpha value is -2.82. The minimum Gasteiger partial charge on any atom is -0.508 e. The van der Waals surface area contributed by atoms with E-state index in [0.29, 0.717) is 13.2 Å². The fourth-order valence-electron chi connectivity index (χ4n) is 1.95. The summed E-state index contributed by atoms with van der Waals surface area (Å²) in [6.07, 6.45) is 3.22. The molecule has 0 aliphatic heterocycles. The Bertz CT molecular complexity index is 677. The molecule has 3 aromatic rings. The highest BCUT2D eigenvalue weighted by Crippen LogP contribution is 2.17. The highest BCUT2D eigenvalue weighted by molar-refractivity contribution is 5.30. The molecule has 5 heteroatoms. The maximum Gasteiger partial charge on any atom is 0.137 e.